The summed E-state index contributed by atoms with van der Waals surface area (Å²) in [5.74, 6) is 0.333. The number of rotatable bonds is 6. The normalized spacial score (nSPS) is 10.9. The van der Waals surface area contributed by atoms with E-state index in [4.69, 9.17) is 4.74 Å². The number of esters is 1. The van der Waals surface area contributed by atoms with Crippen LogP contribution >= 0.6 is 11.8 Å². The van der Waals surface area contributed by atoms with Gasteiger partial charge in [-0.1, -0.05) is 36.4 Å². The second kappa shape index (κ2) is 8.45. The molecule has 0 bridgehead atoms. The second-order valence-electron chi connectivity index (χ2n) is 6.52. The number of para-hydroxylation sites is 1. The molecule has 0 unspecified atom stereocenters. The molecule has 0 aliphatic rings. The van der Waals surface area contributed by atoms with E-state index in [0.29, 0.717) is 23.3 Å². The number of phenolic OH excluding ortho intramolecular Hbond substituents is 1. The molecule has 4 rings (SSSR count). The van der Waals surface area contributed by atoms with Gasteiger partial charge >= 0.3 is 5.97 Å². The van der Waals surface area contributed by atoms with E-state index in [1.54, 1.807) is 30.8 Å². The van der Waals surface area contributed by atoms with Crippen LogP contribution in [-0.2, 0) is 10.5 Å². The Labute approximate surface area is 173 Å². The number of aromatic hydroxyl groups is 1. The number of carbonyl (C=O) groups is 1. The van der Waals surface area contributed by atoms with Crippen molar-refractivity contribution in [3.63, 3.8) is 0 Å². The summed E-state index contributed by atoms with van der Waals surface area (Å²) in [6.07, 6.45) is 0. The van der Waals surface area contributed by atoms with E-state index < -0.39 is 0 Å². The summed E-state index contributed by atoms with van der Waals surface area (Å²) in [6.45, 7) is 2.09. The van der Waals surface area contributed by atoms with Crippen LogP contribution in [0.25, 0.3) is 16.6 Å². The van der Waals surface area contributed by atoms with Crippen LogP contribution in [0.2, 0.25) is 0 Å². The zero-order valence-corrected chi connectivity index (χ0v) is 16.9. The number of ether oxygens (including phenoxy) is 1. The molecular weight excluding hydrogens is 382 g/mol. The summed E-state index contributed by atoms with van der Waals surface area (Å²) >= 11 is 1.66. The Morgan fingerprint density at radius 2 is 1.69 bits per heavy atom. The summed E-state index contributed by atoms with van der Waals surface area (Å²) in [4.78, 5) is 14.0. The van der Waals surface area contributed by atoms with Gasteiger partial charge in [0.15, 0.2) is 0 Å². The molecule has 0 saturated heterocycles. The maximum absolute atomic E-state index is 12.9. The third kappa shape index (κ3) is 3.87. The summed E-state index contributed by atoms with van der Waals surface area (Å²) < 4.78 is 7.45. The first-order chi connectivity index (χ1) is 14.2. The molecule has 0 aliphatic heterocycles. The SMILES string of the molecule is CCOC(=O)c1c(CSc2ccccc2)n(-c2ccccc2)c2ccc(O)cc12. The van der Waals surface area contributed by atoms with Crippen molar-refractivity contribution in [2.24, 2.45) is 0 Å². The highest BCUT2D eigenvalue weighted by Crippen LogP contribution is 2.36. The van der Waals surface area contributed by atoms with Gasteiger partial charge in [0.05, 0.1) is 17.7 Å². The average molecular weight is 404 g/mol. The molecule has 3 aromatic carbocycles. The Bertz CT molecular complexity index is 1140. The first-order valence-electron chi connectivity index (χ1n) is 9.45. The van der Waals surface area contributed by atoms with Crippen LogP contribution in [0.4, 0.5) is 0 Å². The lowest BCUT2D eigenvalue weighted by atomic mass is 10.1. The number of hydrogen-bond donors (Lipinski definition) is 1. The molecule has 0 aliphatic carbocycles. The van der Waals surface area contributed by atoms with E-state index in [1.165, 1.54) is 0 Å². The van der Waals surface area contributed by atoms with Gasteiger partial charge < -0.3 is 14.4 Å². The van der Waals surface area contributed by atoms with Gasteiger partial charge in [0.25, 0.3) is 0 Å². The molecule has 4 aromatic rings. The van der Waals surface area contributed by atoms with Crippen LogP contribution in [0.3, 0.4) is 0 Å². The number of phenols is 1. The number of benzene rings is 3. The molecule has 1 N–H and O–H groups in total. The van der Waals surface area contributed by atoms with Gasteiger partial charge in [0.2, 0.25) is 0 Å². The van der Waals surface area contributed by atoms with Crippen molar-refractivity contribution in [2.45, 2.75) is 17.6 Å². The van der Waals surface area contributed by atoms with Crippen molar-refractivity contribution in [1.29, 1.82) is 0 Å². The molecule has 5 heteroatoms. The molecule has 0 radical (unpaired) electrons. The largest absolute Gasteiger partial charge is 0.508 e. The predicted octanol–water partition coefficient (Wildman–Crippen LogP) is 5.81. The number of fused-ring (bicyclic) bond motifs is 1. The minimum absolute atomic E-state index is 0.121. The van der Waals surface area contributed by atoms with Crippen molar-refractivity contribution >= 4 is 28.6 Å². The van der Waals surface area contributed by atoms with E-state index in [1.807, 2.05) is 54.6 Å². The lowest BCUT2D eigenvalue weighted by Gasteiger charge is -2.12. The molecule has 1 heterocycles. The Kier molecular flexibility index (Phi) is 5.58. The van der Waals surface area contributed by atoms with Gasteiger partial charge in [-0.3, -0.25) is 0 Å². The average Bonchev–Trinajstić information content (AvgIpc) is 3.07. The fourth-order valence-corrected chi connectivity index (χ4v) is 4.37. The van der Waals surface area contributed by atoms with E-state index >= 15 is 0 Å². The molecule has 0 fully saturated rings. The van der Waals surface area contributed by atoms with E-state index in [2.05, 4.69) is 16.7 Å². The zero-order chi connectivity index (χ0) is 20.2. The lowest BCUT2D eigenvalue weighted by molar-refractivity contribution is 0.0527. The van der Waals surface area contributed by atoms with Crippen molar-refractivity contribution in [1.82, 2.24) is 4.57 Å². The van der Waals surface area contributed by atoms with Crippen LogP contribution < -0.4 is 0 Å². The maximum Gasteiger partial charge on any atom is 0.340 e. The molecule has 146 valence electrons. The fourth-order valence-electron chi connectivity index (χ4n) is 3.44. The van der Waals surface area contributed by atoms with Crippen molar-refractivity contribution in [2.75, 3.05) is 6.61 Å². The van der Waals surface area contributed by atoms with E-state index in [0.717, 1.165) is 21.8 Å². The van der Waals surface area contributed by atoms with Crippen LogP contribution in [0, 0.1) is 0 Å². The van der Waals surface area contributed by atoms with Gasteiger partial charge in [-0.15, -0.1) is 11.8 Å². The first kappa shape index (κ1) is 19.2. The highest BCUT2D eigenvalue weighted by atomic mass is 32.2. The third-order valence-electron chi connectivity index (χ3n) is 4.66. The standard InChI is InChI=1S/C24H21NO3S/c1-2-28-24(27)23-20-15-18(26)13-14-21(20)25(17-9-5-3-6-10-17)22(23)16-29-19-11-7-4-8-12-19/h3-15,26H,2,16H2,1H3. The van der Waals surface area contributed by atoms with E-state index in [9.17, 15) is 9.90 Å². The summed E-state index contributed by atoms with van der Waals surface area (Å²) in [5, 5.41) is 10.8. The minimum Gasteiger partial charge on any atom is -0.508 e. The van der Waals surface area contributed by atoms with Gasteiger partial charge in [0.1, 0.15) is 5.75 Å². The number of carbonyl (C=O) groups excluding carboxylic acids is 1. The molecule has 4 nitrogen and oxygen atoms in total. The van der Waals surface area contributed by atoms with E-state index in [-0.39, 0.29) is 11.7 Å². The minimum atomic E-state index is -0.374. The van der Waals surface area contributed by atoms with Gasteiger partial charge in [-0.2, -0.15) is 0 Å². The van der Waals surface area contributed by atoms with Crippen LogP contribution in [0.5, 0.6) is 5.75 Å². The van der Waals surface area contributed by atoms with Crippen molar-refractivity contribution in [3.05, 3.63) is 90.1 Å². The Morgan fingerprint density at radius 3 is 2.38 bits per heavy atom. The molecule has 29 heavy (non-hydrogen) atoms. The number of nitrogens with zero attached hydrogens (tertiary/aromatic N) is 1. The number of aromatic nitrogens is 1. The molecule has 0 saturated carbocycles. The van der Waals surface area contributed by atoms with Gasteiger partial charge in [-0.25, -0.2) is 4.79 Å². The summed E-state index contributed by atoms with van der Waals surface area (Å²) in [7, 11) is 0. The Morgan fingerprint density at radius 1 is 1.00 bits per heavy atom. The van der Waals surface area contributed by atoms with Crippen molar-refractivity contribution < 1.29 is 14.6 Å². The molecule has 1 aromatic heterocycles. The summed E-state index contributed by atoms with van der Waals surface area (Å²) in [5.41, 5.74) is 3.18. The van der Waals surface area contributed by atoms with Crippen LogP contribution in [-0.4, -0.2) is 22.2 Å². The topological polar surface area (TPSA) is 51.5 Å². The predicted molar refractivity (Wildman–Crippen MR) is 117 cm³/mol. The number of thioether (sulfide) groups is 1. The quantitative estimate of drug-likeness (QED) is 0.326. The van der Waals surface area contributed by atoms with Crippen LogP contribution in [0.1, 0.15) is 23.0 Å². The molecule has 0 spiro atoms. The Hall–Kier alpha value is -3.18. The highest BCUT2D eigenvalue weighted by molar-refractivity contribution is 7.98. The van der Waals surface area contributed by atoms with Gasteiger partial charge in [-0.05, 0) is 49.4 Å². The Balaban J connectivity index is 1.93. The number of hydrogen-bond acceptors (Lipinski definition) is 4. The smallest absolute Gasteiger partial charge is 0.340 e. The zero-order valence-electron chi connectivity index (χ0n) is 16.0. The van der Waals surface area contributed by atoms with Crippen molar-refractivity contribution in [3.8, 4) is 11.4 Å². The molecule has 0 atom stereocenters. The fraction of sp³-hybridized carbons (Fsp3) is 0.125. The lowest BCUT2D eigenvalue weighted by Crippen LogP contribution is -2.09. The summed E-state index contributed by atoms with van der Waals surface area (Å²) in [6, 6.07) is 25.1. The monoisotopic (exact) mass is 403 g/mol. The highest BCUT2D eigenvalue weighted by Gasteiger charge is 2.24. The third-order valence-corrected chi connectivity index (χ3v) is 5.68. The second-order valence-corrected chi connectivity index (χ2v) is 7.57. The molecular formula is C24H21NO3S. The first-order valence-corrected chi connectivity index (χ1v) is 10.4. The van der Waals surface area contributed by atoms with Crippen LogP contribution in [0.15, 0.2) is 83.8 Å². The molecule has 0 amide bonds. The van der Waals surface area contributed by atoms with Gasteiger partial charge in [0, 0.05) is 27.4 Å². The maximum atomic E-state index is 12.9.